The van der Waals surface area contributed by atoms with Crippen LogP contribution in [0.4, 0.5) is 16.2 Å². The summed E-state index contributed by atoms with van der Waals surface area (Å²) in [6.45, 7) is 0. The number of hydrogen-bond acceptors (Lipinski definition) is 2. The minimum absolute atomic E-state index is 0.296. The first-order valence-corrected chi connectivity index (χ1v) is 3.52. The van der Waals surface area contributed by atoms with Gasteiger partial charge in [0.1, 0.15) is 0 Å². The molecule has 0 fully saturated rings. The zero-order valence-electron chi connectivity index (χ0n) is 6.04. The summed E-state index contributed by atoms with van der Waals surface area (Å²) >= 11 is 5.66. The lowest BCUT2D eigenvalue weighted by Crippen LogP contribution is -2.07. The maximum atomic E-state index is 10.2. The summed E-state index contributed by atoms with van der Waals surface area (Å²) in [5.74, 6) is 0. The highest BCUT2D eigenvalue weighted by Gasteiger charge is 2.02. The van der Waals surface area contributed by atoms with Crippen LogP contribution < -0.4 is 11.1 Å². The summed E-state index contributed by atoms with van der Waals surface area (Å²) < 4.78 is 0. The Balaban J connectivity index is 2.97. The lowest BCUT2D eigenvalue weighted by Gasteiger charge is -2.03. The van der Waals surface area contributed by atoms with Crippen molar-refractivity contribution < 1.29 is 9.90 Å². The fraction of sp³-hybridized carbons (Fsp3) is 0. The van der Waals surface area contributed by atoms with Crippen LogP contribution in [0.2, 0.25) is 5.02 Å². The molecule has 0 saturated carbocycles. The van der Waals surface area contributed by atoms with Crippen molar-refractivity contribution in [3.05, 3.63) is 23.2 Å². The quantitative estimate of drug-likeness (QED) is 0.588. The third-order valence-electron chi connectivity index (χ3n) is 1.23. The van der Waals surface area contributed by atoms with Crippen LogP contribution in [0.15, 0.2) is 18.2 Å². The van der Waals surface area contributed by atoms with Crippen LogP contribution in [-0.4, -0.2) is 11.2 Å². The first-order valence-electron chi connectivity index (χ1n) is 3.14. The van der Waals surface area contributed by atoms with Crippen molar-refractivity contribution in [3.63, 3.8) is 0 Å². The van der Waals surface area contributed by atoms with Crippen LogP contribution in [0, 0.1) is 0 Å². The molecule has 0 unspecified atom stereocenters. The normalized spacial score (nSPS) is 9.42. The van der Waals surface area contributed by atoms with E-state index < -0.39 is 6.09 Å². The monoisotopic (exact) mass is 186 g/mol. The number of benzene rings is 1. The molecule has 0 saturated heterocycles. The molecule has 0 aliphatic rings. The van der Waals surface area contributed by atoms with Crippen LogP contribution in [0.1, 0.15) is 0 Å². The van der Waals surface area contributed by atoms with Gasteiger partial charge in [0.2, 0.25) is 0 Å². The van der Waals surface area contributed by atoms with Crippen molar-refractivity contribution in [2.75, 3.05) is 11.1 Å². The smallest absolute Gasteiger partial charge is 0.409 e. The lowest BCUT2D eigenvalue weighted by molar-refractivity contribution is 0.210. The Labute approximate surface area is 73.9 Å². The third-order valence-corrected chi connectivity index (χ3v) is 1.56. The zero-order valence-corrected chi connectivity index (χ0v) is 6.80. The Bertz CT molecular complexity index is 314. The number of nitrogens with one attached hydrogen (secondary N) is 1. The molecule has 0 spiro atoms. The SMILES string of the molecule is Nc1ccc(Cl)c(NC(=O)O)c1. The number of rotatable bonds is 1. The molecule has 1 rings (SSSR count). The number of nitrogens with two attached hydrogens (primary N) is 1. The number of anilines is 2. The largest absolute Gasteiger partial charge is 0.465 e. The van der Waals surface area contributed by atoms with Gasteiger partial charge in [0, 0.05) is 5.69 Å². The van der Waals surface area contributed by atoms with E-state index in [4.69, 9.17) is 22.4 Å². The van der Waals surface area contributed by atoms with Crippen molar-refractivity contribution in [2.24, 2.45) is 0 Å². The molecule has 1 aromatic rings. The molecular formula is C7H7ClN2O2. The van der Waals surface area contributed by atoms with Crippen molar-refractivity contribution >= 4 is 29.1 Å². The van der Waals surface area contributed by atoms with Crippen LogP contribution in [0.5, 0.6) is 0 Å². The van der Waals surface area contributed by atoms with Gasteiger partial charge in [-0.05, 0) is 18.2 Å². The van der Waals surface area contributed by atoms with Crippen LogP contribution in [-0.2, 0) is 0 Å². The molecule has 0 aliphatic carbocycles. The third kappa shape index (κ3) is 2.03. The second-order valence-electron chi connectivity index (χ2n) is 2.17. The Kier molecular flexibility index (Phi) is 2.40. The number of carbonyl (C=O) groups is 1. The van der Waals surface area contributed by atoms with Gasteiger partial charge in [-0.3, -0.25) is 5.32 Å². The second kappa shape index (κ2) is 3.32. The highest BCUT2D eigenvalue weighted by atomic mass is 35.5. The van der Waals surface area contributed by atoms with Gasteiger partial charge in [0.25, 0.3) is 0 Å². The molecular weight excluding hydrogens is 180 g/mol. The molecule has 64 valence electrons. The first-order chi connectivity index (χ1) is 5.59. The minimum Gasteiger partial charge on any atom is -0.465 e. The molecule has 0 heterocycles. The molecule has 0 bridgehead atoms. The molecule has 1 amide bonds. The van der Waals surface area contributed by atoms with Crippen molar-refractivity contribution in [1.82, 2.24) is 0 Å². The first kappa shape index (κ1) is 8.67. The molecule has 0 aromatic heterocycles. The van der Waals surface area contributed by atoms with Crippen molar-refractivity contribution in [3.8, 4) is 0 Å². The van der Waals surface area contributed by atoms with E-state index in [0.29, 0.717) is 16.4 Å². The van der Waals surface area contributed by atoms with Gasteiger partial charge >= 0.3 is 6.09 Å². The Morgan fingerprint density at radius 3 is 2.83 bits per heavy atom. The van der Waals surface area contributed by atoms with E-state index in [1.54, 1.807) is 6.07 Å². The fourth-order valence-electron chi connectivity index (χ4n) is 0.754. The number of halogens is 1. The summed E-state index contributed by atoms with van der Waals surface area (Å²) in [7, 11) is 0. The Morgan fingerprint density at radius 1 is 1.58 bits per heavy atom. The summed E-state index contributed by atoms with van der Waals surface area (Å²) in [6.07, 6.45) is -1.16. The highest BCUT2D eigenvalue weighted by Crippen LogP contribution is 2.23. The van der Waals surface area contributed by atoms with Gasteiger partial charge in [0.15, 0.2) is 0 Å². The summed E-state index contributed by atoms with van der Waals surface area (Å²) in [5, 5.41) is 10.8. The number of nitrogen functional groups attached to an aromatic ring is 1. The van der Waals surface area contributed by atoms with Crippen LogP contribution in [0.3, 0.4) is 0 Å². The summed E-state index contributed by atoms with van der Waals surface area (Å²) in [4.78, 5) is 10.2. The van der Waals surface area contributed by atoms with Gasteiger partial charge < -0.3 is 10.8 Å². The van der Waals surface area contributed by atoms with E-state index in [9.17, 15) is 4.79 Å². The second-order valence-corrected chi connectivity index (χ2v) is 2.58. The maximum absolute atomic E-state index is 10.2. The van der Waals surface area contributed by atoms with E-state index in [1.165, 1.54) is 12.1 Å². The summed E-state index contributed by atoms with van der Waals surface area (Å²) in [5.41, 5.74) is 6.17. The Morgan fingerprint density at radius 2 is 2.25 bits per heavy atom. The van der Waals surface area contributed by atoms with Gasteiger partial charge in [-0.1, -0.05) is 11.6 Å². The average molecular weight is 187 g/mol. The van der Waals surface area contributed by atoms with Gasteiger partial charge in [-0.25, -0.2) is 4.79 Å². The van der Waals surface area contributed by atoms with Crippen molar-refractivity contribution in [2.45, 2.75) is 0 Å². The molecule has 0 radical (unpaired) electrons. The summed E-state index contributed by atoms with van der Waals surface area (Å²) in [6, 6.07) is 4.58. The van der Waals surface area contributed by atoms with Gasteiger partial charge in [-0.15, -0.1) is 0 Å². The fourth-order valence-corrected chi connectivity index (χ4v) is 0.919. The standard InChI is InChI=1S/C7H7ClN2O2/c8-5-2-1-4(9)3-6(5)10-7(11)12/h1-3,10H,9H2,(H,11,12). The van der Waals surface area contributed by atoms with E-state index in [2.05, 4.69) is 5.32 Å². The highest BCUT2D eigenvalue weighted by molar-refractivity contribution is 6.33. The maximum Gasteiger partial charge on any atom is 0.409 e. The average Bonchev–Trinajstić information content (AvgIpc) is 1.96. The van der Waals surface area contributed by atoms with E-state index in [-0.39, 0.29) is 0 Å². The van der Waals surface area contributed by atoms with Gasteiger partial charge in [-0.2, -0.15) is 0 Å². The number of carboxylic acid groups (broad SMARTS) is 1. The topological polar surface area (TPSA) is 75.3 Å². The molecule has 0 aliphatic heterocycles. The van der Waals surface area contributed by atoms with E-state index >= 15 is 0 Å². The molecule has 4 nitrogen and oxygen atoms in total. The molecule has 4 N–H and O–H groups in total. The van der Waals surface area contributed by atoms with E-state index in [1.807, 2.05) is 0 Å². The lowest BCUT2D eigenvalue weighted by atomic mass is 10.3. The molecule has 5 heteroatoms. The van der Waals surface area contributed by atoms with Gasteiger partial charge in [0.05, 0.1) is 10.7 Å². The number of hydrogen-bond donors (Lipinski definition) is 3. The number of amides is 1. The Hall–Kier alpha value is -1.42. The predicted molar refractivity (Wildman–Crippen MR) is 47.5 cm³/mol. The van der Waals surface area contributed by atoms with Crippen LogP contribution >= 0.6 is 11.6 Å². The van der Waals surface area contributed by atoms with Crippen LogP contribution in [0.25, 0.3) is 0 Å². The van der Waals surface area contributed by atoms with E-state index in [0.717, 1.165) is 0 Å². The molecule has 12 heavy (non-hydrogen) atoms. The molecule has 1 aromatic carbocycles. The molecule has 0 atom stereocenters. The minimum atomic E-state index is -1.16. The zero-order chi connectivity index (χ0) is 9.14. The van der Waals surface area contributed by atoms with Crippen molar-refractivity contribution in [1.29, 1.82) is 0 Å². The predicted octanol–water partition coefficient (Wildman–Crippen LogP) is 2.01.